The molecule has 6 nitrogen and oxygen atoms in total. The van der Waals surface area contributed by atoms with Crippen molar-refractivity contribution in [2.24, 2.45) is 0 Å². The molecule has 0 unspecified atom stereocenters. The molecule has 4 rings (SSSR count). The average molecular weight is 399 g/mol. The third-order valence-electron chi connectivity index (χ3n) is 6.48. The number of hydrogen-bond acceptors (Lipinski definition) is 4. The SMILES string of the molecule is COC1(C(=O)N2CCCCCC2)CCN(C(=O)c2cc3cccc(C)c3o2)CC1. The highest BCUT2D eigenvalue weighted by atomic mass is 16.5. The lowest BCUT2D eigenvalue weighted by atomic mass is 9.89. The van der Waals surface area contributed by atoms with Crippen LogP contribution in [-0.4, -0.2) is 60.5 Å². The molecule has 6 heteroatoms. The Morgan fingerprint density at radius 2 is 1.69 bits per heavy atom. The van der Waals surface area contributed by atoms with E-state index >= 15 is 0 Å². The second-order valence-corrected chi connectivity index (χ2v) is 8.30. The lowest BCUT2D eigenvalue weighted by Gasteiger charge is -2.41. The van der Waals surface area contributed by atoms with E-state index in [0.29, 0.717) is 31.7 Å². The standard InChI is InChI=1S/C23H30N2O4/c1-17-8-7-9-18-16-19(29-20(17)18)21(26)24-14-10-23(28-2,11-15-24)22(27)25-12-5-3-4-6-13-25/h7-9,16H,3-6,10-15H2,1-2H3. The van der Waals surface area contributed by atoms with Gasteiger partial charge in [-0.15, -0.1) is 0 Å². The summed E-state index contributed by atoms with van der Waals surface area (Å²) in [5.74, 6) is 0.332. The van der Waals surface area contributed by atoms with Crippen LogP contribution in [0.3, 0.4) is 0 Å². The van der Waals surface area contributed by atoms with Gasteiger partial charge in [0.25, 0.3) is 11.8 Å². The quantitative estimate of drug-likeness (QED) is 0.790. The maximum Gasteiger partial charge on any atom is 0.289 e. The summed E-state index contributed by atoms with van der Waals surface area (Å²) in [6, 6.07) is 7.70. The summed E-state index contributed by atoms with van der Waals surface area (Å²) in [6.07, 6.45) is 5.52. The Morgan fingerprint density at radius 3 is 2.31 bits per heavy atom. The summed E-state index contributed by atoms with van der Waals surface area (Å²) in [5, 5.41) is 0.938. The molecular formula is C23H30N2O4. The number of likely N-dealkylation sites (tertiary alicyclic amines) is 2. The van der Waals surface area contributed by atoms with Crippen molar-refractivity contribution in [1.29, 1.82) is 0 Å². The largest absolute Gasteiger partial charge is 0.451 e. The minimum absolute atomic E-state index is 0.0911. The number of para-hydroxylation sites is 1. The molecule has 2 aliphatic rings. The summed E-state index contributed by atoms with van der Waals surface area (Å²) < 4.78 is 11.6. The number of nitrogens with zero attached hydrogens (tertiary/aromatic N) is 2. The highest BCUT2D eigenvalue weighted by Crippen LogP contribution is 2.31. The van der Waals surface area contributed by atoms with Crippen molar-refractivity contribution in [1.82, 2.24) is 9.80 Å². The fourth-order valence-electron chi connectivity index (χ4n) is 4.61. The zero-order chi connectivity index (χ0) is 20.4. The zero-order valence-corrected chi connectivity index (χ0v) is 17.4. The zero-order valence-electron chi connectivity index (χ0n) is 17.4. The molecule has 0 N–H and O–H groups in total. The first-order valence-corrected chi connectivity index (χ1v) is 10.7. The first-order chi connectivity index (χ1) is 14.0. The number of furan rings is 1. The molecule has 29 heavy (non-hydrogen) atoms. The van der Waals surface area contributed by atoms with E-state index in [0.717, 1.165) is 42.5 Å². The average Bonchev–Trinajstić information content (AvgIpc) is 3.01. The van der Waals surface area contributed by atoms with Crippen LogP contribution in [0.2, 0.25) is 0 Å². The molecule has 2 saturated heterocycles. The Morgan fingerprint density at radius 1 is 1.00 bits per heavy atom. The summed E-state index contributed by atoms with van der Waals surface area (Å²) >= 11 is 0. The van der Waals surface area contributed by atoms with Crippen LogP contribution in [0.1, 0.15) is 54.6 Å². The van der Waals surface area contributed by atoms with Crippen molar-refractivity contribution in [3.05, 3.63) is 35.6 Å². The van der Waals surface area contributed by atoms with Gasteiger partial charge in [-0.3, -0.25) is 9.59 Å². The Hall–Kier alpha value is -2.34. The molecule has 0 radical (unpaired) electrons. The molecule has 0 saturated carbocycles. The first kappa shape index (κ1) is 20.0. The highest BCUT2D eigenvalue weighted by Gasteiger charge is 2.45. The van der Waals surface area contributed by atoms with Crippen molar-refractivity contribution >= 4 is 22.8 Å². The number of hydrogen-bond donors (Lipinski definition) is 0. The van der Waals surface area contributed by atoms with Crippen molar-refractivity contribution in [2.75, 3.05) is 33.3 Å². The van der Waals surface area contributed by atoms with E-state index < -0.39 is 5.60 Å². The smallest absolute Gasteiger partial charge is 0.289 e. The number of methoxy groups -OCH3 is 1. The van der Waals surface area contributed by atoms with Gasteiger partial charge in [0.15, 0.2) is 5.76 Å². The fraction of sp³-hybridized carbons (Fsp3) is 0.565. The summed E-state index contributed by atoms with van der Waals surface area (Å²) in [7, 11) is 1.62. The van der Waals surface area contributed by atoms with Gasteiger partial charge < -0.3 is 19.0 Å². The normalized spacial score (nSPS) is 19.9. The number of carbonyl (C=O) groups excluding carboxylic acids is 2. The molecule has 2 aromatic rings. The number of ether oxygens (including phenoxy) is 1. The molecular weight excluding hydrogens is 368 g/mol. The Kier molecular flexibility index (Phi) is 5.63. The van der Waals surface area contributed by atoms with Gasteiger partial charge in [0, 0.05) is 51.5 Å². The van der Waals surface area contributed by atoms with Gasteiger partial charge in [-0.1, -0.05) is 31.0 Å². The predicted octanol–water partition coefficient (Wildman–Crippen LogP) is 3.77. The van der Waals surface area contributed by atoms with Gasteiger partial charge in [0.1, 0.15) is 11.2 Å². The number of piperidine rings is 1. The fourth-order valence-corrected chi connectivity index (χ4v) is 4.61. The number of amides is 2. The Bertz CT molecular complexity index is 887. The summed E-state index contributed by atoms with van der Waals surface area (Å²) in [6.45, 7) is 4.57. The van der Waals surface area contributed by atoms with E-state index in [-0.39, 0.29) is 11.8 Å². The Balaban J connectivity index is 1.46. The van der Waals surface area contributed by atoms with Crippen LogP contribution in [0.4, 0.5) is 0 Å². The van der Waals surface area contributed by atoms with Crippen LogP contribution in [0, 0.1) is 6.92 Å². The molecule has 2 fully saturated rings. The van der Waals surface area contributed by atoms with Crippen LogP contribution >= 0.6 is 0 Å². The van der Waals surface area contributed by atoms with E-state index in [1.807, 2.05) is 36.1 Å². The number of carbonyl (C=O) groups is 2. The molecule has 0 aliphatic carbocycles. The van der Waals surface area contributed by atoms with E-state index in [9.17, 15) is 9.59 Å². The number of rotatable bonds is 3. The van der Waals surface area contributed by atoms with E-state index in [2.05, 4.69) is 0 Å². The van der Waals surface area contributed by atoms with Crippen LogP contribution in [0.5, 0.6) is 0 Å². The van der Waals surface area contributed by atoms with Crippen LogP contribution in [0.25, 0.3) is 11.0 Å². The molecule has 2 aliphatic heterocycles. The monoisotopic (exact) mass is 398 g/mol. The minimum Gasteiger partial charge on any atom is -0.451 e. The van der Waals surface area contributed by atoms with E-state index in [1.165, 1.54) is 12.8 Å². The summed E-state index contributed by atoms with van der Waals surface area (Å²) in [4.78, 5) is 30.0. The second-order valence-electron chi connectivity index (χ2n) is 8.30. The lowest BCUT2D eigenvalue weighted by Crippen LogP contribution is -2.57. The third kappa shape index (κ3) is 3.78. The van der Waals surface area contributed by atoms with Crippen LogP contribution in [-0.2, 0) is 9.53 Å². The predicted molar refractivity (Wildman–Crippen MR) is 111 cm³/mol. The van der Waals surface area contributed by atoms with Gasteiger partial charge >= 0.3 is 0 Å². The molecule has 0 spiro atoms. The van der Waals surface area contributed by atoms with Gasteiger partial charge in [-0.05, 0) is 31.4 Å². The molecule has 1 aromatic heterocycles. The second kappa shape index (κ2) is 8.19. The molecule has 3 heterocycles. The van der Waals surface area contributed by atoms with Crippen LogP contribution in [0.15, 0.2) is 28.7 Å². The van der Waals surface area contributed by atoms with Crippen LogP contribution < -0.4 is 0 Å². The highest BCUT2D eigenvalue weighted by molar-refractivity contribution is 5.97. The van der Waals surface area contributed by atoms with Gasteiger partial charge in [0.05, 0.1) is 0 Å². The van der Waals surface area contributed by atoms with Crippen molar-refractivity contribution in [3.8, 4) is 0 Å². The number of aryl methyl sites for hydroxylation is 1. The number of benzene rings is 1. The van der Waals surface area contributed by atoms with Gasteiger partial charge in [0.2, 0.25) is 0 Å². The maximum atomic E-state index is 13.2. The van der Waals surface area contributed by atoms with Crippen molar-refractivity contribution < 1.29 is 18.7 Å². The summed E-state index contributed by atoms with van der Waals surface area (Å²) in [5.41, 5.74) is 0.961. The van der Waals surface area contributed by atoms with Gasteiger partial charge in [-0.2, -0.15) is 0 Å². The molecule has 1 aromatic carbocycles. The number of fused-ring (bicyclic) bond motifs is 1. The molecule has 2 amide bonds. The Labute approximate surface area is 171 Å². The molecule has 156 valence electrons. The minimum atomic E-state index is -0.814. The van der Waals surface area contributed by atoms with Gasteiger partial charge in [-0.25, -0.2) is 0 Å². The molecule has 0 bridgehead atoms. The first-order valence-electron chi connectivity index (χ1n) is 10.7. The molecule has 0 atom stereocenters. The topological polar surface area (TPSA) is 63.0 Å². The van der Waals surface area contributed by atoms with Crippen molar-refractivity contribution in [3.63, 3.8) is 0 Å². The van der Waals surface area contributed by atoms with Crippen molar-refractivity contribution in [2.45, 2.75) is 51.0 Å². The van der Waals surface area contributed by atoms with E-state index in [4.69, 9.17) is 9.15 Å². The third-order valence-corrected chi connectivity index (χ3v) is 6.48. The maximum absolute atomic E-state index is 13.2. The lowest BCUT2D eigenvalue weighted by molar-refractivity contribution is -0.160. The van der Waals surface area contributed by atoms with E-state index in [1.54, 1.807) is 12.0 Å².